The number of hydrogen-bond acceptors (Lipinski definition) is 2. The van der Waals surface area contributed by atoms with E-state index in [2.05, 4.69) is 24.2 Å². The summed E-state index contributed by atoms with van der Waals surface area (Å²) in [5, 5.41) is 4.54. The quantitative estimate of drug-likeness (QED) is 0.298. The van der Waals surface area contributed by atoms with E-state index >= 15 is 0 Å². The summed E-state index contributed by atoms with van der Waals surface area (Å²) in [7, 11) is -1.09. The molecule has 1 unspecified atom stereocenters. The van der Waals surface area contributed by atoms with E-state index in [0.29, 0.717) is 0 Å². The van der Waals surface area contributed by atoms with Crippen molar-refractivity contribution in [1.29, 1.82) is 0 Å². The molecule has 0 fully saturated rings. The third-order valence-electron chi connectivity index (χ3n) is 4.80. The van der Waals surface area contributed by atoms with Gasteiger partial charge in [0.25, 0.3) is 0 Å². The summed E-state index contributed by atoms with van der Waals surface area (Å²) in [6.45, 7) is 2.06. The number of para-hydroxylation sites is 1. The summed E-state index contributed by atoms with van der Waals surface area (Å²) in [5.41, 5.74) is 6.24. The fourth-order valence-electron chi connectivity index (χ4n) is 3.49. The molecule has 0 amide bonds. The first-order valence-electron chi connectivity index (χ1n) is 8.41. The van der Waals surface area contributed by atoms with E-state index in [1.165, 1.54) is 0 Å². The maximum absolute atomic E-state index is 12.7. The number of benzene rings is 3. The molecule has 4 aromatic rings. The van der Waals surface area contributed by atoms with Crippen molar-refractivity contribution in [3.63, 3.8) is 0 Å². The van der Waals surface area contributed by atoms with E-state index < -0.39 is 10.8 Å². The minimum absolute atomic E-state index is 0. The Bertz CT molecular complexity index is 1170. The molecule has 0 spiro atoms. The standard InChI is InChI=1S/C22H15N2OS.Ir/c1-15-20(14-23-24(15)17-7-3-2-4-8-17)16-11-12-22-19(13-16)18-9-5-6-10-21(18)26(22)25;/h2-7,9-14H,1H3;/q-1;. The molecular formula is C22H15IrN2OS-. The van der Waals surface area contributed by atoms with Crippen LogP contribution in [0.2, 0.25) is 0 Å². The van der Waals surface area contributed by atoms with Crippen molar-refractivity contribution in [1.82, 2.24) is 9.78 Å². The van der Waals surface area contributed by atoms with E-state index in [-0.39, 0.29) is 20.1 Å². The Kier molecular flexibility index (Phi) is 4.68. The first-order chi connectivity index (χ1) is 12.7. The molecule has 1 aliphatic rings. The maximum atomic E-state index is 12.7. The van der Waals surface area contributed by atoms with Gasteiger partial charge >= 0.3 is 0 Å². The van der Waals surface area contributed by atoms with Gasteiger partial charge in [-0.25, -0.2) is 4.21 Å². The van der Waals surface area contributed by atoms with Gasteiger partial charge in [0.2, 0.25) is 0 Å². The maximum Gasteiger partial charge on any atom is 0.0862 e. The average molecular weight is 548 g/mol. The molecule has 5 heteroatoms. The number of nitrogens with zero attached hydrogens (tertiary/aromatic N) is 2. The van der Waals surface area contributed by atoms with Crippen LogP contribution in [0.3, 0.4) is 0 Å². The van der Waals surface area contributed by atoms with E-state index in [1.54, 1.807) is 0 Å². The predicted molar refractivity (Wildman–Crippen MR) is 103 cm³/mol. The Balaban J connectivity index is 0.00000180. The second-order valence-electron chi connectivity index (χ2n) is 6.28. The summed E-state index contributed by atoms with van der Waals surface area (Å²) >= 11 is 0. The molecular weight excluding hydrogens is 533 g/mol. The van der Waals surface area contributed by atoms with Gasteiger partial charge in [0.15, 0.2) is 0 Å². The van der Waals surface area contributed by atoms with Crippen LogP contribution in [0, 0.1) is 13.0 Å². The van der Waals surface area contributed by atoms with E-state index in [1.807, 2.05) is 71.5 Å². The molecule has 0 aliphatic carbocycles. The van der Waals surface area contributed by atoms with Crippen LogP contribution in [0.4, 0.5) is 0 Å². The van der Waals surface area contributed by atoms with Gasteiger partial charge in [-0.15, -0.1) is 6.07 Å². The molecule has 3 nitrogen and oxygen atoms in total. The van der Waals surface area contributed by atoms with Crippen LogP contribution in [0.5, 0.6) is 0 Å². The second-order valence-corrected chi connectivity index (χ2v) is 7.70. The number of fused-ring (bicyclic) bond motifs is 3. The van der Waals surface area contributed by atoms with Gasteiger partial charge in [0.05, 0.1) is 26.8 Å². The molecule has 1 radical (unpaired) electrons. The zero-order valence-electron chi connectivity index (χ0n) is 14.5. The van der Waals surface area contributed by atoms with Crippen molar-refractivity contribution in [2.75, 3.05) is 0 Å². The van der Waals surface area contributed by atoms with Crippen molar-refractivity contribution in [3.05, 3.63) is 84.7 Å². The molecule has 1 atom stereocenters. The fourth-order valence-corrected chi connectivity index (χ4v) is 4.87. The minimum Gasteiger partial charge on any atom is -0.262 e. The summed E-state index contributed by atoms with van der Waals surface area (Å²) in [6, 6.07) is 25.1. The van der Waals surface area contributed by atoms with Crippen molar-refractivity contribution in [3.8, 4) is 27.9 Å². The summed E-state index contributed by atoms with van der Waals surface area (Å²) < 4.78 is 14.6. The van der Waals surface area contributed by atoms with Crippen molar-refractivity contribution in [2.45, 2.75) is 16.7 Å². The molecule has 27 heavy (non-hydrogen) atoms. The topological polar surface area (TPSA) is 34.9 Å². The van der Waals surface area contributed by atoms with Crippen LogP contribution in [0.1, 0.15) is 5.69 Å². The summed E-state index contributed by atoms with van der Waals surface area (Å²) in [5.74, 6) is 0. The summed E-state index contributed by atoms with van der Waals surface area (Å²) in [4.78, 5) is 1.78. The number of rotatable bonds is 2. The van der Waals surface area contributed by atoms with E-state index in [9.17, 15) is 4.21 Å². The van der Waals surface area contributed by atoms with Crippen molar-refractivity contribution in [2.24, 2.45) is 0 Å². The van der Waals surface area contributed by atoms with Crippen LogP contribution < -0.4 is 0 Å². The fraction of sp³-hybridized carbons (Fsp3) is 0.0455. The Labute approximate surface area is 173 Å². The molecule has 3 aromatic carbocycles. The van der Waals surface area contributed by atoms with E-state index in [4.69, 9.17) is 0 Å². The number of aromatic nitrogens is 2. The minimum atomic E-state index is -1.09. The third-order valence-corrected chi connectivity index (χ3v) is 6.31. The molecule has 0 bridgehead atoms. The molecule has 0 N–H and O–H groups in total. The van der Waals surface area contributed by atoms with Gasteiger partial charge < -0.3 is 0 Å². The SMILES string of the molecule is Cc1c(-c2ccc3c(c2)-c2ccccc2S3=O)cnn1-c1[c-]cccc1.[Ir]. The van der Waals surface area contributed by atoms with Gasteiger partial charge in [-0.2, -0.15) is 29.4 Å². The van der Waals surface area contributed by atoms with Gasteiger partial charge in [-0.1, -0.05) is 24.3 Å². The predicted octanol–water partition coefficient (Wildman–Crippen LogP) is 4.79. The largest absolute Gasteiger partial charge is 0.262 e. The van der Waals surface area contributed by atoms with Crippen molar-refractivity contribution >= 4 is 10.8 Å². The van der Waals surface area contributed by atoms with Crippen LogP contribution in [-0.2, 0) is 30.9 Å². The molecule has 5 rings (SSSR count). The zero-order valence-corrected chi connectivity index (χ0v) is 17.7. The zero-order chi connectivity index (χ0) is 17.7. The Morgan fingerprint density at radius 1 is 0.926 bits per heavy atom. The first kappa shape index (κ1) is 18.1. The Morgan fingerprint density at radius 2 is 1.70 bits per heavy atom. The van der Waals surface area contributed by atoms with Crippen LogP contribution in [0.25, 0.3) is 27.9 Å². The Hall–Kier alpha value is -2.33. The average Bonchev–Trinajstić information content (AvgIpc) is 3.21. The Morgan fingerprint density at radius 3 is 2.52 bits per heavy atom. The summed E-state index contributed by atoms with van der Waals surface area (Å²) in [6.07, 6.45) is 1.88. The van der Waals surface area contributed by atoms with Gasteiger partial charge in [-0.05, 0) is 41.9 Å². The van der Waals surface area contributed by atoms with Gasteiger partial charge in [0, 0.05) is 36.9 Å². The molecule has 2 heterocycles. The monoisotopic (exact) mass is 548 g/mol. The van der Waals surface area contributed by atoms with E-state index in [0.717, 1.165) is 43.4 Å². The molecule has 0 saturated carbocycles. The molecule has 0 saturated heterocycles. The molecule has 1 aliphatic heterocycles. The van der Waals surface area contributed by atoms with Crippen molar-refractivity contribution < 1.29 is 24.3 Å². The normalized spacial score (nSPS) is 14.3. The first-order valence-corrected chi connectivity index (χ1v) is 9.56. The van der Waals surface area contributed by atoms with Crippen LogP contribution in [0.15, 0.2) is 82.7 Å². The third kappa shape index (κ3) is 2.83. The van der Waals surface area contributed by atoms with Crippen LogP contribution in [-0.4, -0.2) is 14.0 Å². The smallest absolute Gasteiger partial charge is 0.0862 e. The van der Waals surface area contributed by atoms with Crippen LogP contribution >= 0.6 is 0 Å². The van der Waals surface area contributed by atoms with Gasteiger partial charge in [-0.3, -0.25) is 4.68 Å². The molecule has 1 aromatic heterocycles. The second kappa shape index (κ2) is 7.01. The van der Waals surface area contributed by atoms with Gasteiger partial charge in [0.1, 0.15) is 0 Å². The number of hydrogen-bond donors (Lipinski definition) is 0. The molecule has 135 valence electrons.